The van der Waals surface area contributed by atoms with E-state index in [2.05, 4.69) is 142 Å². The lowest BCUT2D eigenvalue weighted by molar-refractivity contribution is -0.161. The molecule has 0 aromatic rings. The third kappa shape index (κ3) is 56.6. The van der Waals surface area contributed by atoms with Crippen LogP contribution in [0, 0.1) is 0 Å². The molecule has 0 rings (SSSR count). The molecule has 0 saturated heterocycles. The summed E-state index contributed by atoms with van der Waals surface area (Å²) < 4.78 is 39.6. The third-order valence-electron chi connectivity index (χ3n) is 12.4. The second kappa shape index (κ2) is 59.0. The summed E-state index contributed by atoms with van der Waals surface area (Å²) >= 11 is 0. The largest absolute Gasteiger partial charge is 0.472 e. The van der Waals surface area contributed by atoms with Crippen molar-refractivity contribution in [3.05, 3.63) is 122 Å². The van der Waals surface area contributed by atoms with E-state index in [1.54, 1.807) is 0 Å². The normalized spacial score (nSPS) is 14.2. The molecule has 0 saturated carbocycles. The zero-order valence-electron chi connectivity index (χ0n) is 49.1. The van der Waals surface area contributed by atoms with E-state index in [9.17, 15) is 28.9 Å². The van der Waals surface area contributed by atoms with Crippen molar-refractivity contribution in [1.29, 1.82) is 0 Å². The van der Waals surface area contributed by atoms with E-state index in [4.69, 9.17) is 23.3 Å². The average Bonchev–Trinajstić information content (AvgIpc) is 3.43. The monoisotopic (exact) mass is 1110 g/mol. The van der Waals surface area contributed by atoms with Gasteiger partial charge in [0, 0.05) is 19.3 Å². The molecule has 0 aromatic heterocycles. The summed E-state index contributed by atoms with van der Waals surface area (Å²) in [5.74, 6) is -1.52. The first-order chi connectivity index (χ1) is 38.2. The molecule has 0 aliphatic heterocycles. The number of hydrogen-bond acceptors (Lipinski definition) is 10. The van der Waals surface area contributed by atoms with E-state index >= 15 is 0 Å². The number of aliphatic hydroxyl groups excluding tert-OH is 1. The first kappa shape index (κ1) is 73.9. The van der Waals surface area contributed by atoms with Crippen LogP contribution < -0.4 is 0 Å². The summed E-state index contributed by atoms with van der Waals surface area (Å²) in [6.45, 7) is 4.26. The van der Waals surface area contributed by atoms with Gasteiger partial charge >= 0.3 is 25.7 Å². The van der Waals surface area contributed by atoms with Gasteiger partial charge in [0.25, 0.3) is 0 Å². The zero-order chi connectivity index (χ0) is 56.9. The van der Waals surface area contributed by atoms with Crippen LogP contribution in [-0.4, -0.2) is 66.5 Å². The third-order valence-corrected chi connectivity index (χ3v) is 13.3. The Hall–Kier alpha value is -4.12. The molecule has 0 bridgehead atoms. The fraction of sp³-hybridized carbons (Fsp3) is 0.652. The van der Waals surface area contributed by atoms with Gasteiger partial charge in [-0.1, -0.05) is 219 Å². The molecule has 0 fully saturated rings. The Bertz CT molecular complexity index is 1770. The summed E-state index contributed by atoms with van der Waals surface area (Å²) in [7, 11) is -4.77. The van der Waals surface area contributed by atoms with Gasteiger partial charge in [0.1, 0.15) is 12.7 Å². The second-order valence-electron chi connectivity index (χ2n) is 19.7. The molecule has 0 aliphatic carbocycles. The van der Waals surface area contributed by atoms with Gasteiger partial charge in [-0.3, -0.25) is 23.4 Å². The summed E-state index contributed by atoms with van der Waals surface area (Å²) in [5, 5.41) is 9.84. The van der Waals surface area contributed by atoms with Crippen molar-refractivity contribution in [3.8, 4) is 0 Å². The summed E-state index contributed by atoms with van der Waals surface area (Å²) in [6.07, 6.45) is 72.9. The summed E-state index contributed by atoms with van der Waals surface area (Å²) in [6, 6.07) is 0. The molecule has 3 unspecified atom stereocenters. The van der Waals surface area contributed by atoms with Crippen molar-refractivity contribution in [2.75, 3.05) is 26.4 Å². The zero-order valence-corrected chi connectivity index (χ0v) is 50.0. The molecule has 2 N–H and O–H groups in total. The number of carbonyl (C=O) groups is 3. The molecule has 0 aliphatic rings. The average molecular weight is 1110 g/mol. The van der Waals surface area contributed by atoms with Crippen LogP contribution in [0.1, 0.15) is 239 Å². The van der Waals surface area contributed by atoms with Gasteiger partial charge < -0.3 is 24.2 Å². The van der Waals surface area contributed by atoms with Crippen LogP contribution in [0.2, 0.25) is 0 Å². The van der Waals surface area contributed by atoms with Crippen LogP contribution >= 0.6 is 7.82 Å². The van der Waals surface area contributed by atoms with Crippen molar-refractivity contribution in [1.82, 2.24) is 0 Å². The molecule has 0 amide bonds. The van der Waals surface area contributed by atoms with Gasteiger partial charge in [0.15, 0.2) is 6.10 Å². The summed E-state index contributed by atoms with van der Waals surface area (Å²) in [5.41, 5.74) is 0. The van der Waals surface area contributed by atoms with Crippen molar-refractivity contribution in [2.24, 2.45) is 0 Å². The smallest absolute Gasteiger partial charge is 0.462 e. The number of hydrogen-bond donors (Lipinski definition) is 2. The van der Waals surface area contributed by atoms with E-state index in [-0.39, 0.29) is 25.9 Å². The maximum atomic E-state index is 12.9. The number of phosphoric ester groups is 1. The van der Waals surface area contributed by atoms with E-state index in [0.717, 1.165) is 173 Å². The highest BCUT2D eigenvalue weighted by molar-refractivity contribution is 7.47. The number of unbranched alkanes of at least 4 members (excludes halogenated alkanes) is 18. The first-order valence-corrected chi connectivity index (χ1v) is 31.9. The fourth-order valence-corrected chi connectivity index (χ4v) is 8.63. The van der Waals surface area contributed by atoms with E-state index in [1.807, 2.05) is 0 Å². The Morgan fingerprint density at radius 2 is 0.628 bits per heavy atom. The molecule has 0 radical (unpaired) electrons. The van der Waals surface area contributed by atoms with Crippen LogP contribution in [-0.2, 0) is 42.2 Å². The highest BCUT2D eigenvalue weighted by Crippen LogP contribution is 2.43. The number of phosphoric acid groups is 1. The van der Waals surface area contributed by atoms with Gasteiger partial charge in [-0.2, -0.15) is 0 Å². The van der Waals surface area contributed by atoms with Crippen LogP contribution in [0.25, 0.3) is 0 Å². The van der Waals surface area contributed by atoms with Crippen molar-refractivity contribution < 1.29 is 52.2 Å². The lowest BCUT2D eigenvalue weighted by atomic mass is 10.1. The first-order valence-electron chi connectivity index (χ1n) is 30.4. The molecule has 0 aromatic carbocycles. The van der Waals surface area contributed by atoms with Crippen LogP contribution in [0.4, 0.5) is 0 Å². The lowest BCUT2D eigenvalue weighted by Crippen LogP contribution is -2.30. The molecule has 12 heteroatoms. The van der Waals surface area contributed by atoms with Gasteiger partial charge in [-0.05, 0) is 122 Å². The van der Waals surface area contributed by atoms with Crippen LogP contribution in [0.15, 0.2) is 122 Å². The van der Waals surface area contributed by atoms with E-state index in [0.29, 0.717) is 19.3 Å². The van der Waals surface area contributed by atoms with Crippen LogP contribution in [0.3, 0.4) is 0 Å². The van der Waals surface area contributed by atoms with Gasteiger partial charge in [0.05, 0.1) is 19.8 Å². The predicted octanol–water partition coefficient (Wildman–Crippen LogP) is 18.4. The molecule has 0 spiro atoms. The number of rotatable bonds is 55. The second-order valence-corrected chi connectivity index (χ2v) is 21.2. The molecule has 3 atom stereocenters. The molecule has 11 nitrogen and oxygen atoms in total. The molecule has 0 heterocycles. The van der Waals surface area contributed by atoms with Crippen molar-refractivity contribution >= 4 is 25.7 Å². The highest BCUT2D eigenvalue weighted by Gasteiger charge is 2.28. The lowest BCUT2D eigenvalue weighted by Gasteiger charge is -2.21. The summed E-state index contributed by atoms with van der Waals surface area (Å²) in [4.78, 5) is 48.7. The minimum Gasteiger partial charge on any atom is -0.462 e. The highest BCUT2D eigenvalue weighted by atomic mass is 31.2. The standard InChI is InChI=1S/C66H109O11P/c1-4-7-10-13-16-19-22-25-28-30-31-33-36-39-42-45-48-51-54-57-66(70)77-63(59-73-64(68)55-52-49-46-43-40-37-34-27-24-21-18-15-12-9-6-3)61-75-78(71,72)74-60-62(58-67)76-65(69)56-53-50-47-44-41-38-35-32-29-26-23-20-17-14-11-8-5-2/h7-12,16-21,25-29,31,33-34,62-63,67H,4-6,13-15,22-24,30,32,35-61H2,1-3H3,(H,71,72)/b10-7-,11-8-,12-9-,19-16-,20-17-,21-18-,28-25-,29-26-,33-31-,34-27-. The van der Waals surface area contributed by atoms with Crippen molar-refractivity contribution in [3.63, 3.8) is 0 Å². The minimum atomic E-state index is -4.77. The Kier molecular flexibility index (Phi) is 55.9. The maximum absolute atomic E-state index is 12.9. The van der Waals surface area contributed by atoms with Crippen LogP contribution in [0.5, 0.6) is 0 Å². The Morgan fingerprint density at radius 3 is 0.962 bits per heavy atom. The van der Waals surface area contributed by atoms with Gasteiger partial charge in [-0.15, -0.1) is 0 Å². The topological polar surface area (TPSA) is 155 Å². The van der Waals surface area contributed by atoms with Crippen molar-refractivity contribution in [2.45, 2.75) is 251 Å². The number of allylic oxidation sites excluding steroid dienone is 20. The predicted molar refractivity (Wildman–Crippen MR) is 325 cm³/mol. The molecule has 444 valence electrons. The fourth-order valence-electron chi connectivity index (χ4n) is 7.85. The van der Waals surface area contributed by atoms with E-state index < -0.39 is 57.8 Å². The Labute approximate surface area is 475 Å². The SMILES string of the molecule is CC/C=C\C/C=C\C/C=C\C/C=C\CCCCCCCCC(=O)OC(COC(=O)CCCCCCC/C=C\C/C=C\C/C=C\CC)COP(=O)(O)OCC(CO)OC(=O)CCCCCCCCC/C=C\C/C=C\C/C=C\CC. The quantitative estimate of drug-likeness (QED) is 0.0197. The molecular weight excluding hydrogens is 1000 g/mol. The van der Waals surface area contributed by atoms with Gasteiger partial charge in [0.2, 0.25) is 0 Å². The Morgan fingerprint density at radius 1 is 0.359 bits per heavy atom. The maximum Gasteiger partial charge on any atom is 0.472 e. The Balaban J connectivity index is 4.77. The molecular formula is C66H109O11P. The number of aliphatic hydroxyl groups is 1. The minimum absolute atomic E-state index is 0.141. The number of carbonyl (C=O) groups excluding carboxylic acids is 3. The van der Waals surface area contributed by atoms with Gasteiger partial charge in [-0.25, -0.2) is 4.57 Å². The molecule has 78 heavy (non-hydrogen) atoms. The number of esters is 3. The number of ether oxygens (including phenoxy) is 3. The van der Waals surface area contributed by atoms with E-state index in [1.165, 1.54) is 6.42 Å².